The van der Waals surface area contributed by atoms with Crippen LogP contribution in [0.1, 0.15) is 40.2 Å². The van der Waals surface area contributed by atoms with Gasteiger partial charge in [-0.05, 0) is 55.7 Å². The number of benzene rings is 2. The lowest BCUT2D eigenvalue weighted by molar-refractivity contribution is 0.0982. The average molecular weight is 415 g/mol. The molecule has 1 aromatic heterocycles. The van der Waals surface area contributed by atoms with Crippen molar-refractivity contribution >= 4 is 17.5 Å². The van der Waals surface area contributed by atoms with E-state index in [2.05, 4.69) is 10.2 Å². The van der Waals surface area contributed by atoms with E-state index in [-0.39, 0.29) is 18.2 Å². The number of para-hydroxylation sites is 1. The van der Waals surface area contributed by atoms with Crippen LogP contribution in [0, 0.1) is 19.7 Å². The number of hydrogen-bond donors (Lipinski definition) is 1. The second-order valence-electron chi connectivity index (χ2n) is 6.66. The van der Waals surface area contributed by atoms with Gasteiger partial charge in [-0.2, -0.15) is 0 Å². The molecule has 0 aliphatic carbocycles. The summed E-state index contributed by atoms with van der Waals surface area (Å²) in [6.45, 7) is 4.20. The molecule has 3 aromatic rings. The number of halogens is 1. The SMILES string of the molecule is Cc1cccc(C)c1OCc1nnc(SCCCC(=O)c2ccc(F)cc2)n1N. The zero-order valence-electron chi connectivity index (χ0n) is 16.4. The third-order valence-corrected chi connectivity index (χ3v) is 5.46. The summed E-state index contributed by atoms with van der Waals surface area (Å²) in [6, 6.07) is 11.6. The van der Waals surface area contributed by atoms with E-state index in [0.717, 1.165) is 16.9 Å². The number of thioether (sulfide) groups is 1. The Labute approximate surface area is 173 Å². The molecule has 0 fully saturated rings. The van der Waals surface area contributed by atoms with E-state index < -0.39 is 0 Å². The maximum atomic E-state index is 12.9. The van der Waals surface area contributed by atoms with Crippen molar-refractivity contribution in [3.8, 4) is 5.75 Å². The van der Waals surface area contributed by atoms with Crippen LogP contribution in [0.5, 0.6) is 5.75 Å². The summed E-state index contributed by atoms with van der Waals surface area (Å²) in [6.07, 6.45) is 1.03. The van der Waals surface area contributed by atoms with Crippen LogP contribution in [0.2, 0.25) is 0 Å². The topological polar surface area (TPSA) is 83.0 Å². The number of hydrogen-bond acceptors (Lipinski definition) is 6. The Kier molecular flexibility index (Phi) is 6.87. The Balaban J connectivity index is 1.48. The molecule has 8 heteroatoms. The Morgan fingerprint density at radius 2 is 1.83 bits per heavy atom. The zero-order chi connectivity index (χ0) is 20.8. The monoisotopic (exact) mass is 414 g/mol. The summed E-state index contributed by atoms with van der Waals surface area (Å²) < 4.78 is 20.2. The molecule has 0 amide bonds. The van der Waals surface area contributed by atoms with E-state index in [1.165, 1.54) is 40.7 Å². The molecule has 0 aliphatic heterocycles. The minimum atomic E-state index is -0.350. The lowest BCUT2D eigenvalue weighted by atomic mass is 10.1. The molecule has 0 saturated carbocycles. The summed E-state index contributed by atoms with van der Waals surface area (Å²) in [5.41, 5.74) is 2.62. The van der Waals surface area contributed by atoms with E-state index in [4.69, 9.17) is 10.6 Å². The van der Waals surface area contributed by atoms with Gasteiger partial charge in [-0.15, -0.1) is 10.2 Å². The van der Waals surface area contributed by atoms with Gasteiger partial charge >= 0.3 is 0 Å². The van der Waals surface area contributed by atoms with E-state index in [0.29, 0.717) is 35.1 Å². The van der Waals surface area contributed by atoms with Crippen molar-refractivity contribution in [3.63, 3.8) is 0 Å². The molecule has 152 valence electrons. The predicted molar refractivity (Wildman–Crippen MR) is 111 cm³/mol. The number of Topliss-reactive ketones (excluding diaryl/α,β-unsaturated/α-hetero) is 1. The summed E-state index contributed by atoms with van der Waals surface area (Å²) in [7, 11) is 0. The van der Waals surface area contributed by atoms with Gasteiger partial charge in [0.2, 0.25) is 5.16 Å². The van der Waals surface area contributed by atoms with Crippen molar-refractivity contribution in [1.29, 1.82) is 0 Å². The normalized spacial score (nSPS) is 10.9. The molecule has 0 radical (unpaired) electrons. The molecule has 2 aromatic carbocycles. The predicted octanol–water partition coefficient (Wildman–Crippen LogP) is 4.08. The number of nitrogens with two attached hydrogens (primary N) is 1. The van der Waals surface area contributed by atoms with Crippen LogP contribution in [-0.2, 0) is 6.61 Å². The maximum absolute atomic E-state index is 12.9. The highest BCUT2D eigenvalue weighted by Crippen LogP contribution is 2.24. The molecular formula is C21H23FN4O2S. The molecular weight excluding hydrogens is 391 g/mol. The fraction of sp³-hybridized carbons (Fsp3) is 0.286. The zero-order valence-corrected chi connectivity index (χ0v) is 17.2. The fourth-order valence-electron chi connectivity index (χ4n) is 2.84. The van der Waals surface area contributed by atoms with Crippen LogP contribution >= 0.6 is 11.8 Å². The minimum Gasteiger partial charge on any atom is -0.485 e. The molecule has 0 unspecified atom stereocenters. The molecule has 2 N–H and O–H groups in total. The van der Waals surface area contributed by atoms with Gasteiger partial charge in [-0.3, -0.25) is 4.79 Å². The van der Waals surface area contributed by atoms with Crippen molar-refractivity contribution in [2.45, 2.75) is 38.5 Å². The second-order valence-corrected chi connectivity index (χ2v) is 7.72. The number of aromatic nitrogens is 3. The van der Waals surface area contributed by atoms with Crippen molar-refractivity contribution in [1.82, 2.24) is 14.9 Å². The van der Waals surface area contributed by atoms with Gasteiger partial charge in [0.05, 0.1) is 0 Å². The van der Waals surface area contributed by atoms with Gasteiger partial charge in [-0.1, -0.05) is 30.0 Å². The third kappa shape index (κ3) is 5.35. The molecule has 0 atom stereocenters. The van der Waals surface area contributed by atoms with Crippen molar-refractivity contribution in [3.05, 3.63) is 70.8 Å². The van der Waals surface area contributed by atoms with Gasteiger partial charge in [0.1, 0.15) is 18.2 Å². The number of ketones is 1. The molecule has 29 heavy (non-hydrogen) atoms. The van der Waals surface area contributed by atoms with E-state index in [1.807, 2.05) is 32.0 Å². The molecule has 0 bridgehead atoms. The maximum Gasteiger partial charge on any atom is 0.209 e. The molecule has 1 heterocycles. The van der Waals surface area contributed by atoms with Gasteiger partial charge in [0.15, 0.2) is 11.6 Å². The van der Waals surface area contributed by atoms with Gasteiger partial charge in [-0.25, -0.2) is 9.07 Å². The van der Waals surface area contributed by atoms with Crippen molar-refractivity contribution in [2.24, 2.45) is 0 Å². The molecule has 3 rings (SSSR count). The van der Waals surface area contributed by atoms with Crippen molar-refractivity contribution in [2.75, 3.05) is 11.6 Å². The summed E-state index contributed by atoms with van der Waals surface area (Å²) in [5, 5.41) is 8.77. The van der Waals surface area contributed by atoms with E-state index >= 15 is 0 Å². The molecule has 0 saturated heterocycles. The summed E-state index contributed by atoms with van der Waals surface area (Å²) in [4.78, 5) is 12.1. The highest BCUT2D eigenvalue weighted by Gasteiger charge is 2.13. The first-order valence-corrected chi connectivity index (χ1v) is 10.2. The number of carbonyl (C=O) groups excluding carboxylic acids is 1. The Morgan fingerprint density at radius 1 is 1.14 bits per heavy atom. The smallest absolute Gasteiger partial charge is 0.209 e. The Bertz CT molecular complexity index is 969. The average Bonchev–Trinajstić information content (AvgIpc) is 3.05. The largest absolute Gasteiger partial charge is 0.485 e. The van der Waals surface area contributed by atoms with Gasteiger partial charge in [0, 0.05) is 17.7 Å². The van der Waals surface area contributed by atoms with Crippen LogP contribution in [0.25, 0.3) is 0 Å². The standard InChI is InChI=1S/C21H23FN4O2S/c1-14-5-3-6-15(2)20(14)28-13-19-24-25-21(26(19)23)29-12-4-7-18(27)16-8-10-17(22)11-9-16/h3,5-6,8-11H,4,7,12-13,23H2,1-2H3. The van der Waals surface area contributed by atoms with Crippen LogP contribution < -0.4 is 10.6 Å². The van der Waals surface area contributed by atoms with E-state index in [9.17, 15) is 9.18 Å². The van der Waals surface area contributed by atoms with E-state index in [1.54, 1.807) is 0 Å². The molecule has 0 spiro atoms. The summed E-state index contributed by atoms with van der Waals surface area (Å²) in [5.74, 6) is 7.73. The first-order chi connectivity index (χ1) is 14.0. The van der Waals surface area contributed by atoms with Crippen LogP contribution in [-0.4, -0.2) is 26.4 Å². The highest BCUT2D eigenvalue weighted by atomic mass is 32.2. The van der Waals surface area contributed by atoms with Crippen LogP contribution in [0.4, 0.5) is 4.39 Å². The summed E-state index contributed by atoms with van der Waals surface area (Å²) >= 11 is 1.43. The molecule has 0 aliphatic rings. The molecule has 6 nitrogen and oxygen atoms in total. The third-order valence-electron chi connectivity index (χ3n) is 4.44. The number of carbonyl (C=O) groups is 1. The first kappa shape index (κ1) is 20.9. The quantitative estimate of drug-likeness (QED) is 0.246. The van der Waals surface area contributed by atoms with Gasteiger partial charge in [0.25, 0.3) is 0 Å². The number of aryl methyl sites for hydroxylation is 2. The van der Waals surface area contributed by atoms with Crippen LogP contribution in [0.3, 0.4) is 0 Å². The fourth-order valence-corrected chi connectivity index (χ4v) is 3.66. The lowest BCUT2D eigenvalue weighted by Crippen LogP contribution is -2.16. The number of nitrogens with zero attached hydrogens (tertiary/aromatic N) is 3. The van der Waals surface area contributed by atoms with Crippen molar-refractivity contribution < 1.29 is 13.9 Å². The van der Waals surface area contributed by atoms with Gasteiger partial charge < -0.3 is 10.6 Å². The first-order valence-electron chi connectivity index (χ1n) is 9.25. The highest BCUT2D eigenvalue weighted by molar-refractivity contribution is 7.99. The number of nitrogen functional groups attached to an aromatic ring is 1. The Hall–Kier alpha value is -2.87. The Morgan fingerprint density at radius 3 is 2.52 bits per heavy atom. The number of ether oxygens (including phenoxy) is 1. The lowest BCUT2D eigenvalue weighted by Gasteiger charge is -2.11. The second kappa shape index (κ2) is 9.56. The number of rotatable bonds is 9. The minimum absolute atomic E-state index is 0.0116. The van der Waals surface area contributed by atoms with Crippen LogP contribution in [0.15, 0.2) is 47.6 Å².